The van der Waals surface area contributed by atoms with Crippen molar-refractivity contribution in [1.29, 1.82) is 0 Å². The van der Waals surface area contributed by atoms with Gasteiger partial charge in [-0.15, -0.1) is 0 Å². The van der Waals surface area contributed by atoms with Gasteiger partial charge in [0.1, 0.15) is 0 Å². The molecule has 3 N–H and O–H groups in total. The van der Waals surface area contributed by atoms with E-state index in [2.05, 4.69) is 4.98 Å². The lowest BCUT2D eigenvalue weighted by Crippen LogP contribution is -2.24. The Labute approximate surface area is 82.2 Å². The van der Waals surface area contributed by atoms with Crippen LogP contribution in [-0.4, -0.2) is 21.3 Å². The van der Waals surface area contributed by atoms with Crippen LogP contribution >= 0.6 is 0 Å². The molecule has 0 aliphatic heterocycles. The van der Waals surface area contributed by atoms with Crippen LogP contribution in [0.4, 0.5) is 5.95 Å². The molecule has 0 saturated heterocycles. The highest BCUT2D eigenvalue weighted by Gasteiger charge is 2.02. The van der Waals surface area contributed by atoms with Gasteiger partial charge >= 0.3 is 0 Å². The largest absolute Gasteiger partial charge is 0.396 e. The molecule has 1 aromatic heterocycles. The molecule has 0 unspecified atom stereocenters. The van der Waals surface area contributed by atoms with E-state index in [1.54, 1.807) is 6.92 Å². The minimum Gasteiger partial charge on any atom is -0.396 e. The fourth-order valence-electron chi connectivity index (χ4n) is 1.25. The molecule has 5 heteroatoms. The highest BCUT2D eigenvalue weighted by molar-refractivity contribution is 5.19. The predicted molar refractivity (Wildman–Crippen MR) is 54.0 cm³/mol. The first kappa shape index (κ1) is 10.7. The Morgan fingerprint density at radius 1 is 1.57 bits per heavy atom. The van der Waals surface area contributed by atoms with Crippen LogP contribution in [0.2, 0.25) is 0 Å². The maximum Gasteiger partial charge on any atom is 0.255 e. The van der Waals surface area contributed by atoms with Gasteiger partial charge in [-0.1, -0.05) is 0 Å². The van der Waals surface area contributed by atoms with Gasteiger partial charge in [-0.05, 0) is 19.8 Å². The number of aromatic nitrogens is 2. The van der Waals surface area contributed by atoms with Crippen LogP contribution in [0.3, 0.4) is 0 Å². The number of aliphatic hydroxyl groups is 1. The Kier molecular flexibility index (Phi) is 3.64. The number of unbranched alkanes of at least 4 members (excludes halogenated alkanes) is 1. The lowest BCUT2D eigenvalue weighted by Gasteiger charge is -2.07. The van der Waals surface area contributed by atoms with E-state index in [4.69, 9.17) is 10.8 Å². The van der Waals surface area contributed by atoms with Gasteiger partial charge in [-0.25, -0.2) is 4.98 Å². The summed E-state index contributed by atoms with van der Waals surface area (Å²) in [4.78, 5) is 15.4. The lowest BCUT2D eigenvalue weighted by atomic mass is 10.3. The number of hydrogen-bond donors (Lipinski definition) is 2. The van der Waals surface area contributed by atoms with Crippen LogP contribution < -0.4 is 11.3 Å². The first-order chi connectivity index (χ1) is 6.65. The van der Waals surface area contributed by atoms with Gasteiger partial charge in [0.25, 0.3) is 5.56 Å². The van der Waals surface area contributed by atoms with Crippen molar-refractivity contribution in [3.05, 3.63) is 22.1 Å². The van der Waals surface area contributed by atoms with E-state index in [9.17, 15) is 4.79 Å². The van der Waals surface area contributed by atoms with Crippen molar-refractivity contribution in [2.75, 3.05) is 12.3 Å². The van der Waals surface area contributed by atoms with Crippen molar-refractivity contribution >= 4 is 5.95 Å². The fraction of sp³-hybridized carbons (Fsp3) is 0.556. The van der Waals surface area contributed by atoms with E-state index in [0.717, 1.165) is 6.42 Å². The number of aryl methyl sites for hydroxylation is 1. The zero-order valence-corrected chi connectivity index (χ0v) is 8.23. The summed E-state index contributed by atoms with van der Waals surface area (Å²) in [5, 5.41) is 8.59. The minimum absolute atomic E-state index is 0.132. The monoisotopic (exact) mass is 197 g/mol. The van der Waals surface area contributed by atoms with Crippen LogP contribution in [0.1, 0.15) is 18.5 Å². The number of aliphatic hydroxyl groups excluding tert-OH is 1. The molecule has 0 aromatic carbocycles. The zero-order valence-electron chi connectivity index (χ0n) is 8.23. The van der Waals surface area contributed by atoms with Crippen LogP contribution in [-0.2, 0) is 6.54 Å². The van der Waals surface area contributed by atoms with Gasteiger partial charge in [-0.2, -0.15) is 0 Å². The molecule has 1 aromatic rings. The second kappa shape index (κ2) is 4.76. The number of nitrogen functional groups attached to an aromatic ring is 1. The molecule has 0 aliphatic rings. The molecular weight excluding hydrogens is 182 g/mol. The summed E-state index contributed by atoms with van der Waals surface area (Å²) in [6.07, 6.45) is 1.39. The van der Waals surface area contributed by atoms with Crippen LogP contribution in [0.15, 0.2) is 10.9 Å². The van der Waals surface area contributed by atoms with Crippen LogP contribution in [0, 0.1) is 6.92 Å². The second-order valence-corrected chi connectivity index (χ2v) is 3.18. The van der Waals surface area contributed by atoms with Gasteiger partial charge < -0.3 is 10.8 Å². The summed E-state index contributed by atoms with van der Waals surface area (Å²) in [7, 11) is 0. The van der Waals surface area contributed by atoms with Crippen LogP contribution in [0.25, 0.3) is 0 Å². The molecule has 0 amide bonds. The molecule has 1 rings (SSSR count). The van der Waals surface area contributed by atoms with Crippen molar-refractivity contribution in [2.45, 2.75) is 26.3 Å². The van der Waals surface area contributed by atoms with Crippen molar-refractivity contribution in [1.82, 2.24) is 9.55 Å². The molecule has 5 nitrogen and oxygen atoms in total. The SMILES string of the molecule is Cc1cc(=O)n(CCCCO)c(N)n1. The maximum absolute atomic E-state index is 11.4. The Morgan fingerprint density at radius 3 is 2.86 bits per heavy atom. The van der Waals surface area contributed by atoms with Gasteiger partial charge in [0.05, 0.1) is 0 Å². The number of anilines is 1. The summed E-state index contributed by atoms with van der Waals surface area (Å²) in [5.41, 5.74) is 6.09. The van der Waals surface area contributed by atoms with Gasteiger partial charge in [-0.3, -0.25) is 9.36 Å². The van der Waals surface area contributed by atoms with E-state index in [-0.39, 0.29) is 18.1 Å². The molecule has 14 heavy (non-hydrogen) atoms. The molecule has 0 saturated carbocycles. The number of nitrogens with zero attached hydrogens (tertiary/aromatic N) is 2. The summed E-state index contributed by atoms with van der Waals surface area (Å²) in [5.74, 6) is 0.243. The van der Waals surface area contributed by atoms with E-state index < -0.39 is 0 Å². The quantitative estimate of drug-likeness (QED) is 0.661. The average molecular weight is 197 g/mol. The number of rotatable bonds is 4. The molecule has 78 valence electrons. The topological polar surface area (TPSA) is 81.1 Å². The first-order valence-electron chi connectivity index (χ1n) is 4.60. The highest BCUT2D eigenvalue weighted by Crippen LogP contribution is 1.99. The standard InChI is InChI=1S/C9H15N3O2/c1-7-6-8(14)12(9(10)11-7)4-2-3-5-13/h6,13H,2-5H2,1H3,(H2,10,11). The van der Waals surface area contributed by atoms with Crippen LogP contribution in [0.5, 0.6) is 0 Å². The third kappa shape index (κ3) is 2.56. The minimum atomic E-state index is -0.132. The normalized spacial score (nSPS) is 10.4. The number of hydrogen-bond acceptors (Lipinski definition) is 4. The van der Waals surface area contributed by atoms with E-state index in [1.165, 1.54) is 10.6 Å². The average Bonchev–Trinajstić information content (AvgIpc) is 2.09. The molecule has 0 atom stereocenters. The third-order valence-corrected chi connectivity index (χ3v) is 1.96. The molecule has 0 aliphatic carbocycles. The second-order valence-electron chi connectivity index (χ2n) is 3.18. The zero-order chi connectivity index (χ0) is 10.6. The molecule has 0 bridgehead atoms. The third-order valence-electron chi connectivity index (χ3n) is 1.96. The van der Waals surface area contributed by atoms with Crippen molar-refractivity contribution in [3.63, 3.8) is 0 Å². The smallest absolute Gasteiger partial charge is 0.255 e. The summed E-state index contributed by atoms with van der Waals surface area (Å²) >= 11 is 0. The molecular formula is C9H15N3O2. The molecule has 0 fully saturated rings. The molecule has 0 radical (unpaired) electrons. The predicted octanol–water partition coefficient (Wildman–Crippen LogP) is -0.0936. The van der Waals surface area contributed by atoms with Gasteiger partial charge in [0.2, 0.25) is 5.95 Å². The Hall–Kier alpha value is -1.36. The molecule has 1 heterocycles. The summed E-state index contributed by atoms with van der Waals surface area (Å²) in [6.45, 7) is 2.38. The van der Waals surface area contributed by atoms with Crippen molar-refractivity contribution < 1.29 is 5.11 Å². The van der Waals surface area contributed by atoms with Crippen molar-refractivity contribution in [3.8, 4) is 0 Å². The maximum atomic E-state index is 11.4. The first-order valence-corrected chi connectivity index (χ1v) is 4.60. The Balaban J connectivity index is 2.81. The van der Waals surface area contributed by atoms with Gasteiger partial charge in [0.15, 0.2) is 0 Å². The van der Waals surface area contributed by atoms with Gasteiger partial charge in [0, 0.05) is 24.9 Å². The van der Waals surface area contributed by atoms with Crippen molar-refractivity contribution in [2.24, 2.45) is 0 Å². The van der Waals surface area contributed by atoms with E-state index >= 15 is 0 Å². The summed E-state index contributed by atoms with van der Waals surface area (Å²) < 4.78 is 1.42. The fourth-order valence-corrected chi connectivity index (χ4v) is 1.25. The van der Waals surface area contributed by atoms with E-state index in [0.29, 0.717) is 18.7 Å². The molecule has 0 spiro atoms. The summed E-state index contributed by atoms with van der Waals surface area (Å²) in [6, 6.07) is 1.45. The highest BCUT2D eigenvalue weighted by atomic mass is 16.2. The van der Waals surface area contributed by atoms with E-state index in [1.807, 2.05) is 0 Å². The lowest BCUT2D eigenvalue weighted by molar-refractivity contribution is 0.281. The Bertz CT molecular complexity index is 360. The Morgan fingerprint density at radius 2 is 2.29 bits per heavy atom. The number of nitrogens with two attached hydrogens (primary N) is 1.